The Hall–Kier alpha value is -2.82. The highest BCUT2D eigenvalue weighted by atomic mass is 16.2. The summed E-state index contributed by atoms with van der Waals surface area (Å²) in [5, 5.41) is 3.90. The molecular weight excluding hydrogens is 348 g/mol. The van der Waals surface area contributed by atoms with E-state index in [1.54, 1.807) is 4.90 Å². The van der Waals surface area contributed by atoms with Crippen molar-refractivity contribution in [2.45, 2.75) is 38.1 Å². The minimum atomic E-state index is -0.0538. The van der Waals surface area contributed by atoms with Gasteiger partial charge in [-0.15, -0.1) is 0 Å². The van der Waals surface area contributed by atoms with Crippen LogP contribution in [0.4, 0.5) is 5.69 Å². The van der Waals surface area contributed by atoms with Crippen LogP contribution in [0.3, 0.4) is 0 Å². The van der Waals surface area contributed by atoms with Crippen molar-refractivity contribution in [3.63, 3.8) is 0 Å². The molecule has 1 aliphatic carbocycles. The van der Waals surface area contributed by atoms with Gasteiger partial charge in [0.05, 0.1) is 16.7 Å². The molecule has 2 aromatic carbocycles. The number of anilines is 1. The van der Waals surface area contributed by atoms with Crippen LogP contribution >= 0.6 is 0 Å². The number of carbonyl (C=O) groups excluding carboxylic acids is 1. The van der Waals surface area contributed by atoms with Crippen LogP contribution in [0, 0.1) is 6.92 Å². The fourth-order valence-corrected chi connectivity index (χ4v) is 5.02. The molecule has 5 heteroatoms. The van der Waals surface area contributed by atoms with Crippen LogP contribution in [-0.4, -0.2) is 34.5 Å². The van der Waals surface area contributed by atoms with Crippen LogP contribution in [0.2, 0.25) is 0 Å². The Morgan fingerprint density at radius 1 is 1.21 bits per heavy atom. The average Bonchev–Trinajstić information content (AvgIpc) is 3.19. The van der Waals surface area contributed by atoms with Gasteiger partial charge in [-0.2, -0.15) is 0 Å². The minimum absolute atomic E-state index is 0.0538. The summed E-state index contributed by atoms with van der Waals surface area (Å²) in [7, 11) is 5.65. The molecule has 5 rings (SSSR count). The third-order valence-electron chi connectivity index (χ3n) is 6.66. The molecule has 2 aliphatic rings. The first kappa shape index (κ1) is 17.3. The number of rotatable bonds is 1. The van der Waals surface area contributed by atoms with Crippen molar-refractivity contribution in [2.75, 3.05) is 19.4 Å². The van der Waals surface area contributed by atoms with Gasteiger partial charge in [-0.1, -0.05) is 24.3 Å². The molecule has 0 bridgehead atoms. The van der Waals surface area contributed by atoms with Crippen LogP contribution in [0.25, 0.3) is 11.0 Å². The molecule has 1 amide bonds. The fraction of sp³-hybridized carbons (Fsp3) is 0.391. The average molecular weight is 374 g/mol. The van der Waals surface area contributed by atoms with Gasteiger partial charge in [-0.25, -0.2) is 4.98 Å². The summed E-state index contributed by atoms with van der Waals surface area (Å²) in [4.78, 5) is 19.5. The standard InChI is InChI=1S/C23H26N4O/c1-14-24-21-19(27(14)4)13-17(22(28)26(2)3)16-10-12-23(25-20(16)21)11-9-15-7-5-6-8-18(15)23/h5-8,13,25H,9-12H2,1-4H3. The molecule has 0 saturated carbocycles. The van der Waals surface area contributed by atoms with Crippen LogP contribution < -0.4 is 5.32 Å². The Morgan fingerprint density at radius 3 is 2.75 bits per heavy atom. The number of carbonyl (C=O) groups is 1. The zero-order valence-electron chi connectivity index (χ0n) is 17.0. The number of nitrogens with zero attached hydrogens (tertiary/aromatic N) is 3. The van der Waals surface area contributed by atoms with Gasteiger partial charge in [0, 0.05) is 26.7 Å². The molecule has 1 N–H and O–H groups in total. The Morgan fingerprint density at radius 2 is 1.96 bits per heavy atom. The first-order chi connectivity index (χ1) is 13.4. The molecule has 28 heavy (non-hydrogen) atoms. The lowest BCUT2D eigenvalue weighted by Crippen LogP contribution is -2.38. The van der Waals surface area contributed by atoms with E-state index in [0.717, 1.165) is 59.4 Å². The highest BCUT2D eigenvalue weighted by Gasteiger charge is 2.42. The summed E-state index contributed by atoms with van der Waals surface area (Å²) in [6.45, 7) is 2.02. The summed E-state index contributed by atoms with van der Waals surface area (Å²) in [6.07, 6.45) is 4.07. The predicted molar refractivity (Wildman–Crippen MR) is 112 cm³/mol. The molecule has 1 atom stereocenters. The number of amides is 1. The van der Waals surface area contributed by atoms with Gasteiger partial charge in [0.25, 0.3) is 5.91 Å². The van der Waals surface area contributed by atoms with Gasteiger partial charge in [0.15, 0.2) is 0 Å². The summed E-state index contributed by atoms with van der Waals surface area (Å²) in [5.74, 6) is 1.02. The van der Waals surface area contributed by atoms with E-state index in [1.165, 1.54) is 11.1 Å². The van der Waals surface area contributed by atoms with E-state index in [9.17, 15) is 4.79 Å². The smallest absolute Gasteiger partial charge is 0.253 e. The lowest BCUT2D eigenvalue weighted by Gasteiger charge is -2.39. The summed E-state index contributed by atoms with van der Waals surface area (Å²) < 4.78 is 2.08. The topological polar surface area (TPSA) is 50.2 Å². The normalized spacial score (nSPS) is 20.1. The van der Waals surface area contributed by atoms with Gasteiger partial charge < -0.3 is 14.8 Å². The number of benzene rings is 2. The second-order valence-corrected chi connectivity index (χ2v) is 8.43. The summed E-state index contributed by atoms with van der Waals surface area (Å²) in [6, 6.07) is 10.8. The molecular formula is C23H26N4O. The fourth-order valence-electron chi connectivity index (χ4n) is 5.02. The van der Waals surface area contributed by atoms with Crippen LogP contribution in [0.5, 0.6) is 0 Å². The second-order valence-electron chi connectivity index (χ2n) is 8.43. The van der Waals surface area contributed by atoms with Crippen LogP contribution in [0.15, 0.2) is 30.3 Å². The number of imidazole rings is 1. The lowest BCUT2D eigenvalue weighted by molar-refractivity contribution is 0.0826. The molecule has 0 fully saturated rings. The number of hydrogen-bond donors (Lipinski definition) is 1. The van der Waals surface area contributed by atoms with Crippen molar-refractivity contribution in [1.29, 1.82) is 0 Å². The highest BCUT2D eigenvalue weighted by Crippen LogP contribution is 2.48. The highest BCUT2D eigenvalue weighted by molar-refractivity contribution is 6.04. The number of hydrogen-bond acceptors (Lipinski definition) is 3. The Labute approximate surface area is 165 Å². The SMILES string of the molecule is Cc1nc2c3c(c(C(=O)N(C)C)cc2n1C)CCC1(CCc2ccccc21)N3. The zero-order chi connectivity index (χ0) is 19.6. The molecule has 144 valence electrons. The lowest BCUT2D eigenvalue weighted by atomic mass is 9.80. The number of aromatic nitrogens is 2. The Bertz CT molecular complexity index is 1130. The monoisotopic (exact) mass is 374 g/mol. The maximum absolute atomic E-state index is 13.0. The number of fused-ring (bicyclic) bond motifs is 5. The Kier molecular flexibility index (Phi) is 3.60. The maximum Gasteiger partial charge on any atom is 0.253 e. The van der Waals surface area contributed by atoms with Gasteiger partial charge in [0.2, 0.25) is 0 Å². The van der Waals surface area contributed by atoms with E-state index in [0.29, 0.717) is 0 Å². The molecule has 1 aliphatic heterocycles. The molecule has 1 unspecified atom stereocenters. The molecule has 0 saturated heterocycles. The van der Waals surface area contributed by atoms with E-state index in [4.69, 9.17) is 4.98 Å². The van der Waals surface area contributed by atoms with E-state index < -0.39 is 0 Å². The maximum atomic E-state index is 13.0. The number of nitrogens with one attached hydrogen (secondary N) is 1. The van der Waals surface area contributed by atoms with Crippen molar-refractivity contribution < 1.29 is 4.79 Å². The first-order valence-corrected chi connectivity index (χ1v) is 9.98. The van der Waals surface area contributed by atoms with Crippen molar-refractivity contribution in [2.24, 2.45) is 7.05 Å². The predicted octanol–water partition coefficient (Wildman–Crippen LogP) is 3.78. The van der Waals surface area contributed by atoms with Gasteiger partial charge in [-0.3, -0.25) is 4.79 Å². The summed E-state index contributed by atoms with van der Waals surface area (Å²) >= 11 is 0. The van der Waals surface area contributed by atoms with Crippen LogP contribution in [0.1, 0.15) is 45.7 Å². The molecule has 5 nitrogen and oxygen atoms in total. The van der Waals surface area contributed by atoms with Crippen LogP contribution in [-0.2, 0) is 25.4 Å². The number of aryl methyl sites for hydroxylation is 3. The largest absolute Gasteiger partial charge is 0.373 e. The molecule has 3 aromatic rings. The summed E-state index contributed by atoms with van der Waals surface area (Å²) in [5.41, 5.74) is 7.74. The van der Waals surface area contributed by atoms with E-state index >= 15 is 0 Å². The van der Waals surface area contributed by atoms with E-state index in [-0.39, 0.29) is 11.4 Å². The second kappa shape index (κ2) is 5.84. The minimum Gasteiger partial charge on any atom is -0.373 e. The Balaban J connectivity index is 1.74. The third kappa shape index (κ3) is 2.25. The van der Waals surface area contributed by atoms with Crippen molar-refractivity contribution in [3.8, 4) is 0 Å². The first-order valence-electron chi connectivity index (χ1n) is 9.98. The molecule has 2 heterocycles. The van der Waals surface area contributed by atoms with Gasteiger partial charge in [-0.05, 0) is 55.4 Å². The molecule has 1 spiro atoms. The van der Waals surface area contributed by atoms with Crippen molar-refractivity contribution in [1.82, 2.24) is 14.5 Å². The quantitative estimate of drug-likeness (QED) is 0.705. The van der Waals surface area contributed by atoms with Crippen molar-refractivity contribution in [3.05, 3.63) is 58.4 Å². The van der Waals surface area contributed by atoms with E-state index in [2.05, 4.69) is 34.1 Å². The zero-order valence-corrected chi connectivity index (χ0v) is 17.0. The molecule has 1 aromatic heterocycles. The molecule has 0 radical (unpaired) electrons. The van der Waals surface area contributed by atoms with Crippen molar-refractivity contribution >= 4 is 22.6 Å². The van der Waals surface area contributed by atoms with Gasteiger partial charge >= 0.3 is 0 Å². The van der Waals surface area contributed by atoms with Gasteiger partial charge in [0.1, 0.15) is 11.3 Å². The third-order valence-corrected chi connectivity index (χ3v) is 6.66. The van der Waals surface area contributed by atoms with E-state index in [1.807, 2.05) is 34.1 Å².